The first kappa shape index (κ1) is 15.3. The summed E-state index contributed by atoms with van der Waals surface area (Å²) in [6, 6.07) is 10.1. The molecule has 4 nitrogen and oxygen atoms in total. The Hall–Kier alpha value is -2.07. The topological polar surface area (TPSA) is 43.3 Å². The number of nitrogens with one attached hydrogen (secondary N) is 1. The Labute approximate surface area is 125 Å². The van der Waals surface area contributed by atoms with Gasteiger partial charge in [0.25, 0.3) is 0 Å². The molecule has 0 amide bonds. The zero-order valence-electron chi connectivity index (χ0n) is 12.8. The Kier molecular flexibility index (Phi) is 5.17. The zero-order valence-corrected chi connectivity index (χ0v) is 12.8. The van der Waals surface area contributed by atoms with E-state index < -0.39 is 0 Å². The van der Waals surface area contributed by atoms with E-state index in [1.54, 1.807) is 12.1 Å². The lowest BCUT2D eigenvalue weighted by Crippen LogP contribution is -2.14. The molecule has 0 saturated heterocycles. The SMILES string of the molecule is CCC(NC)c1ccn(Cc2ccc(C(=O)OC)cc2)c1. The third-order valence-electron chi connectivity index (χ3n) is 3.67. The van der Waals surface area contributed by atoms with E-state index >= 15 is 0 Å². The van der Waals surface area contributed by atoms with Gasteiger partial charge in [-0.3, -0.25) is 0 Å². The van der Waals surface area contributed by atoms with Crippen LogP contribution < -0.4 is 5.32 Å². The zero-order chi connectivity index (χ0) is 15.2. The van der Waals surface area contributed by atoms with Gasteiger partial charge in [-0.2, -0.15) is 0 Å². The number of carbonyl (C=O) groups is 1. The van der Waals surface area contributed by atoms with Crippen LogP contribution in [0.25, 0.3) is 0 Å². The van der Waals surface area contributed by atoms with E-state index in [-0.39, 0.29) is 5.97 Å². The molecule has 0 aliphatic carbocycles. The van der Waals surface area contributed by atoms with Gasteiger partial charge in [0.1, 0.15) is 0 Å². The van der Waals surface area contributed by atoms with E-state index in [1.165, 1.54) is 12.7 Å². The fraction of sp³-hybridized carbons (Fsp3) is 0.353. The van der Waals surface area contributed by atoms with Gasteiger partial charge in [0.2, 0.25) is 0 Å². The van der Waals surface area contributed by atoms with Gasteiger partial charge in [-0.25, -0.2) is 4.79 Å². The summed E-state index contributed by atoms with van der Waals surface area (Å²) in [4.78, 5) is 11.4. The Morgan fingerprint density at radius 1 is 1.29 bits per heavy atom. The van der Waals surface area contributed by atoms with Gasteiger partial charge in [0.05, 0.1) is 12.7 Å². The molecular weight excluding hydrogens is 264 g/mol. The molecule has 2 aromatic rings. The van der Waals surface area contributed by atoms with Crippen molar-refractivity contribution in [2.24, 2.45) is 0 Å². The van der Waals surface area contributed by atoms with Gasteiger partial charge in [0.15, 0.2) is 0 Å². The predicted molar refractivity (Wildman–Crippen MR) is 83.4 cm³/mol. The highest BCUT2D eigenvalue weighted by molar-refractivity contribution is 5.89. The predicted octanol–water partition coefficient (Wildman–Crippen LogP) is 2.99. The molecule has 1 heterocycles. The number of benzene rings is 1. The smallest absolute Gasteiger partial charge is 0.337 e. The number of aromatic nitrogens is 1. The van der Waals surface area contributed by atoms with Gasteiger partial charge in [-0.05, 0) is 42.8 Å². The molecule has 1 atom stereocenters. The van der Waals surface area contributed by atoms with Crippen LogP contribution in [0.1, 0.15) is 40.9 Å². The molecule has 0 bridgehead atoms. The van der Waals surface area contributed by atoms with Crippen LogP contribution >= 0.6 is 0 Å². The highest BCUT2D eigenvalue weighted by Gasteiger charge is 2.08. The number of methoxy groups -OCH3 is 1. The second-order valence-electron chi connectivity index (χ2n) is 5.06. The minimum Gasteiger partial charge on any atom is -0.465 e. The number of hydrogen-bond acceptors (Lipinski definition) is 3. The van der Waals surface area contributed by atoms with Crippen molar-refractivity contribution in [3.05, 3.63) is 59.4 Å². The maximum Gasteiger partial charge on any atom is 0.337 e. The van der Waals surface area contributed by atoms with Crippen molar-refractivity contribution < 1.29 is 9.53 Å². The highest BCUT2D eigenvalue weighted by Crippen LogP contribution is 2.17. The number of rotatable bonds is 6. The van der Waals surface area contributed by atoms with Crippen LogP contribution in [0.3, 0.4) is 0 Å². The van der Waals surface area contributed by atoms with Gasteiger partial charge >= 0.3 is 5.97 Å². The Morgan fingerprint density at radius 3 is 2.57 bits per heavy atom. The average Bonchev–Trinajstić information content (AvgIpc) is 2.97. The molecule has 0 radical (unpaired) electrons. The summed E-state index contributed by atoms with van der Waals surface area (Å²) in [5.74, 6) is -0.301. The van der Waals surface area contributed by atoms with E-state index in [1.807, 2.05) is 19.2 Å². The molecule has 21 heavy (non-hydrogen) atoms. The number of esters is 1. The third-order valence-corrected chi connectivity index (χ3v) is 3.67. The van der Waals surface area contributed by atoms with Crippen LogP contribution in [-0.4, -0.2) is 24.7 Å². The first-order valence-electron chi connectivity index (χ1n) is 7.18. The minimum atomic E-state index is -0.301. The van der Waals surface area contributed by atoms with Crippen LogP contribution in [-0.2, 0) is 11.3 Å². The van der Waals surface area contributed by atoms with Gasteiger partial charge in [-0.1, -0.05) is 19.1 Å². The van der Waals surface area contributed by atoms with Crippen LogP contribution in [0.2, 0.25) is 0 Å². The van der Waals surface area contributed by atoms with Crippen molar-refractivity contribution in [1.82, 2.24) is 9.88 Å². The van der Waals surface area contributed by atoms with Gasteiger partial charge < -0.3 is 14.6 Å². The molecule has 2 rings (SSSR count). The molecule has 1 aromatic carbocycles. The molecule has 0 saturated carbocycles. The molecule has 0 spiro atoms. The standard InChI is InChI=1S/C17H22N2O2/c1-4-16(18-2)15-9-10-19(12-15)11-13-5-7-14(8-6-13)17(20)21-3/h5-10,12,16,18H,4,11H2,1-3H3. The minimum absolute atomic E-state index is 0.301. The fourth-order valence-electron chi connectivity index (χ4n) is 2.45. The lowest BCUT2D eigenvalue weighted by atomic mass is 10.1. The monoisotopic (exact) mass is 286 g/mol. The second kappa shape index (κ2) is 7.09. The number of hydrogen-bond donors (Lipinski definition) is 1. The van der Waals surface area contributed by atoms with Crippen molar-refractivity contribution in [1.29, 1.82) is 0 Å². The number of nitrogens with zero attached hydrogens (tertiary/aromatic N) is 1. The van der Waals surface area contributed by atoms with Crippen LogP contribution in [0.4, 0.5) is 0 Å². The summed E-state index contributed by atoms with van der Waals surface area (Å²) in [5.41, 5.74) is 3.03. The van der Waals surface area contributed by atoms with E-state index in [9.17, 15) is 4.79 Å². The lowest BCUT2D eigenvalue weighted by Gasteiger charge is -2.11. The quantitative estimate of drug-likeness (QED) is 0.830. The van der Waals surface area contributed by atoms with Crippen molar-refractivity contribution in [3.63, 3.8) is 0 Å². The van der Waals surface area contributed by atoms with E-state index in [0.717, 1.165) is 18.5 Å². The van der Waals surface area contributed by atoms with Crippen LogP contribution in [0.15, 0.2) is 42.7 Å². The summed E-state index contributed by atoms with van der Waals surface area (Å²) in [6.45, 7) is 2.96. The molecule has 112 valence electrons. The summed E-state index contributed by atoms with van der Waals surface area (Å²) >= 11 is 0. The molecule has 1 unspecified atom stereocenters. The Bertz CT molecular complexity index is 583. The van der Waals surface area contributed by atoms with Crippen LogP contribution in [0.5, 0.6) is 0 Å². The largest absolute Gasteiger partial charge is 0.465 e. The third kappa shape index (κ3) is 3.73. The van der Waals surface area contributed by atoms with E-state index in [4.69, 9.17) is 4.74 Å². The van der Waals surface area contributed by atoms with Crippen molar-refractivity contribution in [2.75, 3.05) is 14.2 Å². The molecular formula is C17H22N2O2. The van der Waals surface area contributed by atoms with E-state index in [0.29, 0.717) is 11.6 Å². The molecule has 4 heteroatoms. The van der Waals surface area contributed by atoms with Gasteiger partial charge in [-0.15, -0.1) is 0 Å². The molecule has 0 aliphatic rings. The molecule has 0 aliphatic heterocycles. The Balaban J connectivity index is 2.06. The van der Waals surface area contributed by atoms with Crippen LogP contribution in [0, 0.1) is 0 Å². The lowest BCUT2D eigenvalue weighted by molar-refractivity contribution is 0.0600. The van der Waals surface area contributed by atoms with Gasteiger partial charge in [0, 0.05) is 25.0 Å². The maximum atomic E-state index is 11.4. The molecule has 1 N–H and O–H groups in total. The van der Waals surface area contributed by atoms with Crippen molar-refractivity contribution in [3.8, 4) is 0 Å². The summed E-state index contributed by atoms with van der Waals surface area (Å²) in [5, 5.41) is 3.31. The second-order valence-corrected chi connectivity index (χ2v) is 5.06. The van der Waals surface area contributed by atoms with E-state index in [2.05, 4.69) is 35.3 Å². The van der Waals surface area contributed by atoms with Crippen molar-refractivity contribution >= 4 is 5.97 Å². The fourth-order valence-corrected chi connectivity index (χ4v) is 2.45. The summed E-state index contributed by atoms with van der Waals surface area (Å²) in [6.07, 6.45) is 5.32. The summed E-state index contributed by atoms with van der Waals surface area (Å²) in [7, 11) is 3.38. The number of ether oxygens (including phenoxy) is 1. The first-order valence-corrected chi connectivity index (χ1v) is 7.18. The van der Waals surface area contributed by atoms with Crippen molar-refractivity contribution in [2.45, 2.75) is 25.9 Å². The number of carbonyl (C=O) groups excluding carboxylic acids is 1. The summed E-state index contributed by atoms with van der Waals surface area (Å²) < 4.78 is 6.85. The highest BCUT2D eigenvalue weighted by atomic mass is 16.5. The Morgan fingerprint density at radius 2 is 2.00 bits per heavy atom. The first-order chi connectivity index (χ1) is 10.2. The normalized spacial score (nSPS) is 12.1. The molecule has 1 aromatic heterocycles. The molecule has 0 fully saturated rings. The maximum absolute atomic E-state index is 11.4. The average molecular weight is 286 g/mol.